The van der Waals surface area contributed by atoms with Crippen LogP contribution in [0.3, 0.4) is 0 Å². The van der Waals surface area contributed by atoms with Gasteiger partial charge in [0, 0.05) is 0 Å². The van der Waals surface area contributed by atoms with Gasteiger partial charge in [-0.15, -0.1) is 0 Å². The average Bonchev–Trinajstić information content (AvgIpc) is 3.35. The Morgan fingerprint density at radius 3 is 1.26 bits per heavy atom. The zero-order chi connectivity index (χ0) is 41.0. The summed E-state index contributed by atoms with van der Waals surface area (Å²) < 4.78 is 0. The van der Waals surface area contributed by atoms with Crippen LogP contribution in [0, 0.1) is 0 Å². The fourth-order valence-corrected chi connectivity index (χ4v) is 9.90. The van der Waals surface area contributed by atoms with Gasteiger partial charge in [-0.1, -0.05) is 212 Å². The van der Waals surface area contributed by atoms with E-state index in [0.29, 0.717) is 0 Å². The molecule has 288 valence electrons. The zero-order valence-corrected chi connectivity index (χ0v) is 34.1. The minimum Gasteiger partial charge on any atom is -0.0622 e. The van der Waals surface area contributed by atoms with Crippen LogP contribution in [0.5, 0.6) is 0 Å². The summed E-state index contributed by atoms with van der Waals surface area (Å²) in [7, 11) is 0. The van der Waals surface area contributed by atoms with Gasteiger partial charge < -0.3 is 0 Å². The molecule has 0 bridgehead atoms. The Hall–Kier alpha value is -8.06. The van der Waals surface area contributed by atoms with E-state index in [1.54, 1.807) is 0 Å². The van der Waals surface area contributed by atoms with E-state index < -0.39 is 0 Å². The van der Waals surface area contributed by atoms with Crippen molar-refractivity contribution in [2.45, 2.75) is 0 Å². The van der Waals surface area contributed by atoms with Crippen molar-refractivity contribution < 1.29 is 0 Å². The Kier molecular flexibility index (Phi) is 8.61. The molecule has 0 nitrogen and oxygen atoms in total. The molecule has 0 amide bonds. The predicted octanol–water partition coefficient (Wildman–Crippen LogP) is 17.5. The van der Waals surface area contributed by atoms with Crippen LogP contribution >= 0.6 is 0 Å². The lowest BCUT2D eigenvalue weighted by molar-refractivity contribution is 1.57. The summed E-state index contributed by atoms with van der Waals surface area (Å²) in [5, 5.41) is 12.6. The van der Waals surface area contributed by atoms with Gasteiger partial charge >= 0.3 is 0 Å². The molecule has 0 heteroatoms. The van der Waals surface area contributed by atoms with Gasteiger partial charge in [-0.25, -0.2) is 0 Å². The van der Waals surface area contributed by atoms with Gasteiger partial charge in [0.25, 0.3) is 0 Å². The Morgan fingerprint density at radius 2 is 0.613 bits per heavy atom. The van der Waals surface area contributed by atoms with Crippen LogP contribution in [0.15, 0.2) is 243 Å². The largest absolute Gasteiger partial charge is 0.0622 e. The van der Waals surface area contributed by atoms with E-state index in [-0.39, 0.29) is 0 Å². The summed E-state index contributed by atoms with van der Waals surface area (Å²) in [4.78, 5) is 0. The van der Waals surface area contributed by atoms with Gasteiger partial charge in [0.05, 0.1) is 0 Å². The third-order valence-corrected chi connectivity index (χ3v) is 12.8. The quantitative estimate of drug-likeness (QED) is 0.116. The van der Waals surface area contributed by atoms with Gasteiger partial charge in [-0.2, -0.15) is 0 Å². The van der Waals surface area contributed by atoms with Gasteiger partial charge in [0.1, 0.15) is 0 Å². The smallest absolute Gasteiger partial charge is 0.00199 e. The van der Waals surface area contributed by atoms with Crippen LogP contribution in [-0.4, -0.2) is 0 Å². The summed E-state index contributed by atoms with van der Waals surface area (Å²) in [6, 6.07) is 89.4. The lowest BCUT2D eigenvalue weighted by Gasteiger charge is -2.21. The molecule has 12 aromatic carbocycles. The molecule has 0 aromatic heterocycles. The second-order valence-corrected chi connectivity index (χ2v) is 16.4. The number of hydrogen-bond donors (Lipinski definition) is 0. The van der Waals surface area contributed by atoms with Crippen LogP contribution in [-0.2, 0) is 0 Å². The molecule has 0 atom stereocenters. The van der Waals surface area contributed by atoms with Gasteiger partial charge in [-0.3, -0.25) is 0 Å². The molecule has 0 N–H and O–H groups in total. The molecule has 0 heterocycles. The highest BCUT2D eigenvalue weighted by Gasteiger charge is 2.20. The van der Waals surface area contributed by atoms with Crippen molar-refractivity contribution in [2.24, 2.45) is 0 Å². The summed E-state index contributed by atoms with van der Waals surface area (Å²) in [6.45, 7) is 0. The average molecular weight is 785 g/mol. The third-order valence-electron chi connectivity index (χ3n) is 12.8. The lowest BCUT2D eigenvalue weighted by Crippen LogP contribution is -1.94. The highest BCUT2D eigenvalue weighted by molar-refractivity contribution is 6.23. The minimum absolute atomic E-state index is 1.19. The molecule has 0 aliphatic rings. The first-order valence-electron chi connectivity index (χ1n) is 21.5. The van der Waals surface area contributed by atoms with Crippen molar-refractivity contribution in [1.82, 2.24) is 0 Å². The first kappa shape index (κ1) is 35.8. The van der Waals surface area contributed by atoms with Crippen LogP contribution in [0.1, 0.15) is 0 Å². The Balaban J connectivity index is 1.07. The predicted molar refractivity (Wildman–Crippen MR) is 267 cm³/mol. The SMILES string of the molecule is c1ccc(-c2cccc(-c3ccc(-c4ccc5cc(-c6cc7ccccc7c7ccccc67)ccc5c4)c(-c4c5ccccc5c(-c5ccccc5)c5ccccc45)c3)c2)cc1. The molecule has 0 aliphatic heterocycles. The number of benzene rings is 12. The van der Waals surface area contributed by atoms with E-state index in [1.165, 1.54) is 121 Å². The van der Waals surface area contributed by atoms with E-state index >= 15 is 0 Å². The van der Waals surface area contributed by atoms with E-state index in [2.05, 4.69) is 243 Å². The summed E-state index contributed by atoms with van der Waals surface area (Å²) in [5.74, 6) is 0. The van der Waals surface area contributed by atoms with Gasteiger partial charge in [-0.05, 0) is 151 Å². The van der Waals surface area contributed by atoms with Crippen LogP contribution < -0.4 is 0 Å². The molecule has 0 saturated carbocycles. The summed E-state index contributed by atoms with van der Waals surface area (Å²) >= 11 is 0. The highest BCUT2D eigenvalue weighted by atomic mass is 14.2. The molecule has 12 rings (SSSR count). The van der Waals surface area contributed by atoms with Gasteiger partial charge in [0.2, 0.25) is 0 Å². The fourth-order valence-electron chi connectivity index (χ4n) is 9.90. The van der Waals surface area contributed by atoms with Crippen molar-refractivity contribution in [1.29, 1.82) is 0 Å². The van der Waals surface area contributed by atoms with Gasteiger partial charge in [0.15, 0.2) is 0 Å². The monoisotopic (exact) mass is 784 g/mol. The second-order valence-electron chi connectivity index (χ2n) is 16.4. The molecule has 12 aromatic rings. The lowest BCUT2D eigenvalue weighted by atomic mass is 9.82. The zero-order valence-electron chi connectivity index (χ0n) is 34.1. The topological polar surface area (TPSA) is 0 Å². The maximum atomic E-state index is 2.44. The van der Waals surface area contributed by atoms with E-state index in [1.807, 2.05) is 0 Å². The van der Waals surface area contributed by atoms with Crippen molar-refractivity contribution in [3.63, 3.8) is 0 Å². The van der Waals surface area contributed by atoms with Crippen LogP contribution in [0.2, 0.25) is 0 Å². The van der Waals surface area contributed by atoms with Crippen molar-refractivity contribution in [2.75, 3.05) is 0 Å². The Morgan fingerprint density at radius 1 is 0.161 bits per heavy atom. The molecule has 0 saturated heterocycles. The molecule has 0 spiro atoms. The maximum Gasteiger partial charge on any atom is -0.00199 e. The molecule has 0 fully saturated rings. The number of fused-ring (bicyclic) bond motifs is 6. The van der Waals surface area contributed by atoms with Crippen LogP contribution in [0.25, 0.3) is 121 Å². The normalized spacial score (nSPS) is 11.5. The second kappa shape index (κ2) is 14.9. The number of hydrogen-bond acceptors (Lipinski definition) is 0. The molecular weight excluding hydrogens is 745 g/mol. The van der Waals surface area contributed by atoms with E-state index in [4.69, 9.17) is 0 Å². The molecule has 0 aliphatic carbocycles. The van der Waals surface area contributed by atoms with Crippen molar-refractivity contribution >= 4 is 53.9 Å². The van der Waals surface area contributed by atoms with Crippen molar-refractivity contribution in [3.8, 4) is 66.8 Å². The fraction of sp³-hybridized carbons (Fsp3) is 0. The first-order chi connectivity index (χ1) is 30.7. The molecule has 62 heavy (non-hydrogen) atoms. The van der Waals surface area contributed by atoms with Crippen molar-refractivity contribution in [3.05, 3.63) is 243 Å². The number of rotatable bonds is 6. The standard InChI is InChI=1S/C62H40/c1-3-16-41(17-4-1)43-21-15-22-44(36-43)47-34-35-52(60(39-47)62-57-28-13-11-26-55(57)61(42-18-5-2-6-19-42)56-27-12-14-29-58(56)62)49-32-30-46-38-50(33-31-45(46)37-49)59-40-48-20-7-8-23-51(48)53-24-9-10-25-54(53)59/h1-40H. The van der Waals surface area contributed by atoms with Crippen LogP contribution in [0.4, 0.5) is 0 Å². The third kappa shape index (κ3) is 6.08. The molecule has 0 unspecified atom stereocenters. The maximum absolute atomic E-state index is 2.44. The van der Waals surface area contributed by atoms with E-state index in [9.17, 15) is 0 Å². The minimum atomic E-state index is 1.19. The summed E-state index contributed by atoms with van der Waals surface area (Å²) in [5.41, 5.74) is 14.7. The summed E-state index contributed by atoms with van der Waals surface area (Å²) in [6.07, 6.45) is 0. The molecule has 0 radical (unpaired) electrons. The Bertz CT molecular complexity index is 3610. The molecular formula is C62H40. The first-order valence-corrected chi connectivity index (χ1v) is 21.5. The highest BCUT2D eigenvalue weighted by Crippen LogP contribution is 2.47. The van der Waals surface area contributed by atoms with E-state index in [0.717, 1.165) is 0 Å². The Labute approximate surface area is 361 Å².